The summed E-state index contributed by atoms with van der Waals surface area (Å²) in [5, 5.41) is 22.8. The first-order valence-electron chi connectivity index (χ1n) is 4.96. The van der Waals surface area contributed by atoms with E-state index in [1.54, 1.807) is 19.1 Å². The van der Waals surface area contributed by atoms with Crippen LogP contribution in [0.5, 0.6) is 5.75 Å². The van der Waals surface area contributed by atoms with E-state index in [-0.39, 0.29) is 5.71 Å². The van der Waals surface area contributed by atoms with Gasteiger partial charge in [-0.15, -0.1) is 0 Å². The molecule has 0 saturated carbocycles. The predicted molar refractivity (Wildman–Crippen MR) is 65.5 cm³/mol. The number of rotatable bonds is 4. The summed E-state index contributed by atoms with van der Waals surface area (Å²) in [4.78, 5) is 11.2. The summed E-state index contributed by atoms with van der Waals surface area (Å²) >= 11 is 0. The van der Waals surface area contributed by atoms with Crippen molar-refractivity contribution in [3.8, 4) is 5.75 Å². The van der Waals surface area contributed by atoms with Crippen LogP contribution >= 0.6 is 0 Å². The summed E-state index contributed by atoms with van der Waals surface area (Å²) in [6.45, 7) is 5.01. The number of hydrogen-bond acceptors (Lipinski definition) is 6. The van der Waals surface area contributed by atoms with Gasteiger partial charge in [-0.25, -0.2) is 4.79 Å². The third kappa shape index (κ3) is 3.44. The van der Waals surface area contributed by atoms with Crippen molar-refractivity contribution in [3.63, 3.8) is 0 Å². The fourth-order valence-electron chi connectivity index (χ4n) is 1.10. The fourth-order valence-corrected chi connectivity index (χ4v) is 1.10. The third-order valence-corrected chi connectivity index (χ3v) is 2.00. The van der Waals surface area contributed by atoms with E-state index in [9.17, 15) is 4.79 Å². The number of esters is 1. The molecule has 6 heteroatoms. The Morgan fingerprint density at radius 1 is 1.33 bits per heavy atom. The number of oxime groups is 2. The highest BCUT2D eigenvalue weighted by Gasteiger charge is 2.06. The van der Waals surface area contributed by atoms with E-state index in [1.807, 2.05) is 0 Å². The molecule has 0 aliphatic carbocycles. The molecule has 0 aliphatic rings. The Labute approximate surface area is 103 Å². The van der Waals surface area contributed by atoms with Gasteiger partial charge in [0.25, 0.3) is 0 Å². The Balaban J connectivity index is 2.86. The summed E-state index contributed by atoms with van der Waals surface area (Å²) in [6, 6.07) is 6.15. The maximum atomic E-state index is 11.2. The average molecular weight is 248 g/mol. The molecule has 0 spiro atoms. The molecule has 1 aromatic carbocycles. The van der Waals surface area contributed by atoms with E-state index in [0.717, 1.165) is 6.21 Å². The first-order chi connectivity index (χ1) is 8.58. The molecule has 0 unspecified atom stereocenters. The molecule has 0 radical (unpaired) electrons. The number of hydrogen-bond donors (Lipinski definition) is 2. The second-order valence-corrected chi connectivity index (χ2v) is 3.42. The second-order valence-electron chi connectivity index (χ2n) is 3.42. The molecule has 0 heterocycles. The van der Waals surface area contributed by atoms with E-state index in [2.05, 4.69) is 16.9 Å². The van der Waals surface area contributed by atoms with Crippen LogP contribution in [0.2, 0.25) is 0 Å². The molecule has 1 rings (SSSR count). The minimum Gasteiger partial charge on any atom is -0.423 e. The maximum Gasteiger partial charge on any atom is 0.338 e. The maximum absolute atomic E-state index is 11.2. The summed E-state index contributed by atoms with van der Waals surface area (Å²) < 4.78 is 4.98. The van der Waals surface area contributed by atoms with E-state index < -0.39 is 5.97 Å². The highest BCUT2D eigenvalue weighted by Crippen LogP contribution is 2.13. The van der Waals surface area contributed by atoms with Gasteiger partial charge < -0.3 is 15.2 Å². The van der Waals surface area contributed by atoms with Crippen molar-refractivity contribution in [3.05, 3.63) is 42.0 Å². The van der Waals surface area contributed by atoms with Gasteiger partial charge in [0.1, 0.15) is 11.5 Å². The molecule has 0 bridgehead atoms. The molecule has 1 aromatic rings. The second kappa shape index (κ2) is 6.19. The number of nitrogens with zero attached hydrogens (tertiary/aromatic N) is 2. The summed E-state index contributed by atoms with van der Waals surface area (Å²) in [7, 11) is 0. The number of carbonyl (C=O) groups is 1. The van der Waals surface area contributed by atoms with Crippen molar-refractivity contribution < 1.29 is 19.9 Å². The van der Waals surface area contributed by atoms with Gasteiger partial charge in [0.15, 0.2) is 0 Å². The first-order valence-corrected chi connectivity index (χ1v) is 4.96. The van der Waals surface area contributed by atoms with E-state index in [1.165, 1.54) is 12.1 Å². The molecule has 0 fully saturated rings. The van der Waals surface area contributed by atoms with Crippen LogP contribution in [0.4, 0.5) is 0 Å². The number of carbonyl (C=O) groups excluding carboxylic acids is 1. The topological polar surface area (TPSA) is 91.5 Å². The van der Waals surface area contributed by atoms with Gasteiger partial charge in [-0.1, -0.05) is 16.9 Å². The van der Waals surface area contributed by atoms with Gasteiger partial charge in [0.05, 0.1) is 6.21 Å². The molecule has 0 aromatic heterocycles. The smallest absolute Gasteiger partial charge is 0.338 e. The van der Waals surface area contributed by atoms with Crippen LogP contribution in [0.15, 0.2) is 46.7 Å². The van der Waals surface area contributed by atoms with Gasteiger partial charge in [-0.2, -0.15) is 0 Å². The van der Waals surface area contributed by atoms with Crippen molar-refractivity contribution >= 4 is 17.9 Å². The average Bonchev–Trinajstić information content (AvgIpc) is 2.37. The summed E-state index contributed by atoms with van der Waals surface area (Å²) in [5.41, 5.74) is 0.879. The van der Waals surface area contributed by atoms with E-state index >= 15 is 0 Å². The monoisotopic (exact) mass is 248 g/mol. The highest BCUT2D eigenvalue weighted by atomic mass is 16.5. The van der Waals surface area contributed by atoms with Gasteiger partial charge in [0, 0.05) is 11.1 Å². The van der Waals surface area contributed by atoms with E-state index in [0.29, 0.717) is 16.9 Å². The summed E-state index contributed by atoms with van der Waals surface area (Å²) in [5.74, 6) is -0.180. The third-order valence-electron chi connectivity index (χ3n) is 2.00. The van der Waals surface area contributed by atoms with Crippen molar-refractivity contribution in [1.29, 1.82) is 0 Å². The summed E-state index contributed by atoms with van der Waals surface area (Å²) in [6.07, 6.45) is 0.981. The van der Waals surface area contributed by atoms with Gasteiger partial charge in [0.2, 0.25) is 0 Å². The van der Waals surface area contributed by atoms with Gasteiger partial charge in [-0.3, -0.25) is 0 Å². The van der Waals surface area contributed by atoms with Crippen molar-refractivity contribution in [1.82, 2.24) is 0 Å². The lowest BCUT2D eigenvalue weighted by Gasteiger charge is -2.04. The molecule has 0 amide bonds. The Bertz CT molecular complexity index is 503. The standard InChI is InChI=1S/C12H12N2O4/c1-8(2)12(15)18-10-5-3-9(4-6-10)11(14-17)7-13-16/h3-7,16-17H,1H2,2H3/b13-7-,14-11+. The fraction of sp³-hybridized carbons (Fsp3) is 0.0833. The van der Waals surface area contributed by atoms with Gasteiger partial charge in [-0.05, 0) is 31.2 Å². The van der Waals surface area contributed by atoms with Crippen LogP contribution in [-0.4, -0.2) is 28.3 Å². The van der Waals surface area contributed by atoms with Crippen LogP contribution in [0.25, 0.3) is 0 Å². The minimum atomic E-state index is -0.518. The zero-order valence-electron chi connectivity index (χ0n) is 9.70. The lowest BCUT2D eigenvalue weighted by molar-refractivity contribution is -0.130. The molecular weight excluding hydrogens is 236 g/mol. The Morgan fingerprint density at radius 3 is 2.39 bits per heavy atom. The molecule has 0 aliphatic heterocycles. The lowest BCUT2D eigenvalue weighted by Crippen LogP contribution is -2.08. The Morgan fingerprint density at radius 2 is 1.94 bits per heavy atom. The normalized spacial score (nSPS) is 11.5. The van der Waals surface area contributed by atoms with E-state index in [4.69, 9.17) is 15.2 Å². The van der Waals surface area contributed by atoms with Crippen LogP contribution in [0.1, 0.15) is 12.5 Å². The molecule has 0 atom stereocenters. The largest absolute Gasteiger partial charge is 0.423 e. The van der Waals surface area contributed by atoms with Crippen LogP contribution < -0.4 is 4.74 Å². The first kappa shape index (κ1) is 13.4. The van der Waals surface area contributed by atoms with Crippen LogP contribution in [0.3, 0.4) is 0 Å². The zero-order chi connectivity index (χ0) is 13.5. The number of ether oxygens (including phenoxy) is 1. The zero-order valence-corrected chi connectivity index (χ0v) is 9.70. The van der Waals surface area contributed by atoms with Crippen LogP contribution in [0, 0.1) is 0 Å². The Kier molecular flexibility index (Phi) is 4.62. The molecule has 94 valence electrons. The van der Waals surface area contributed by atoms with Gasteiger partial charge >= 0.3 is 5.97 Å². The van der Waals surface area contributed by atoms with Crippen LogP contribution in [-0.2, 0) is 4.79 Å². The molecule has 0 saturated heterocycles. The molecule has 18 heavy (non-hydrogen) atoms. The quantitative estimate of drug-likeness (QED) is 0.212. The number of benzene rings is 1. The Hall–Kier alpha value is -2.63. The predicted octanol–water partition coefficient (Wildman–Crippen LogP) is 1.81. The lowest BCUT2D eigenvalue weighted by atomic mass is 10.1. The molecule has 6 nitrogen and oxygen atoms in total. The molecular formula is C12H12N2O4. The van der Waals surface area contributed by atoms with Crippen molar-refractivity contribution in [2.45, 2.75) is 6.92 Å². The molecule has 2 N–H and O–H groups in total. The van der Waals surface area contributed by atoms with Crippen molar-refractivity contribution in [2.75, 3.05) is 0 Å². The van der Waals surface area contributed by atoms with Crippen molar-refractivity contribution in [2.24, 2.45) is 10.3 Å². The highest BCUT2D eigenvalue weighted by molar-refractivity contribution is 6.37. The minimum absolute atomic E-state index is 0.0790. The SMILES string of the molecule is C=C(C)C(=O)Oc1ccc(C(/C=N\O)=N/O)cc1.